The molecule has 152 valence electrons. The Kier molecular flexibility index (Phi) is 6.65. The Morgan fingerprint density at radius 2 is 1.33 bits per heavy atom. The fourth-order valence-electron chi connectivity index (χ4n) is 4.62. The van der Waals surface area contributed by atoms with E-state index in [1.54, 1.807) is 0 Å². The number of hydrogen-bond acceptors (Lipinski definition) is 1. The lowest BCUT2D eigenvalue weighted by Crippen LogP contribution is -1.89. The highest BCUT2D eigenvalue weighted by molar-refractivity contribution is 5.80. The lowest BCUT2D eigenvalue weighted by Gasteiger charge is -2.07. The summed E-state index contributed by atoms with van der Waals surface area (Å²) in [5.41, 5.74) is 10.3. The highest BCUT2D eigenvalue weighted by Gasteiger charge is 2.19. The van der Waals surface area contributed by atoms with E-state index in [1.807, 2.05) is 24.3 Å². The first-order chi connectivity index (χ1) is 14.8. The van der Waals surface area contributed by atoms with Crippen molar-refractivity contribution in [3.63, 3.8) is 0 Å². The molecule has 0 fully saturated rings. The molecule has 0 radical (unpaired) electrons. The topological polar surface area (TPSA) is 23.8 Å². The molecular weight excluding hydrogens is 362 g/mol. The van der Waals surface area contributed by atoms with Crippen molar-refractivity contribution in [3.8, 4) is 28.3 Å². The monoisotopic (exact) mass is 393 g/mol. The lowest BCUT2D eigenvalue weighted by atomic mass is 9.98. The van der Waals surface area contributed by atoms with Crippen LogP contribution in [0.1, 0.15) is 74.1 Å². The molecule has 0 saturated carbocycles. The number of benzene rings is 3. The summed E-state index contributed by atoms with van der Waals surface area (Å²) < 4.78 is 0. The number of hydrogen-bond donors (Lipinski definition) is 0. The van der Waals surface area contributed by atoms with E-state index >= 15 is 0 Å². The standard InChI is InChI=1S/C29H31N/c1-2-3-4-5-6-7-8-9-22-12-16-28-26(18-22)20-27-19-25(15-17-29(27)28)24-13-10-23(21-30)11-14-24/h10-19H,2-9,20H2,1H3. The number of aryl methyl sites for hydroxylation is 1. The van der Waals surface area contributed by atoms with Crippen LogP contribution in [-0.2, 0) is 12.8 Å². The summed E-state index contributed by atoms with van der Waals surface area (Å²) in [5.74, 6) is 0. The van der Waals surface area contributed by atoms with Crippen LogP contribution in [0.3, 0.4) is 0 Å². The van der Waals surface area contributed by atoms with Gasteiger partial charge < -0.3 is 0 Å². The molecule has 0 spiro atoms. The predicted octanol–water partition coefficient (Wildman–Crippen LogP) is 8.09. The Hall–Kier alpha value is -2.85. The van der Waals surface area contributed by atoms with Crippen LogP contribution in [0.25, 0.3) is 22.3 Å². The van der Waals surface area contributed by atoms with Gasteiger partial charge in [-0.1, -0.05) is 94.0 Å². The number of nitriles is 1. The van der Waals surface area contributed by atoms with Gasteiger partial charge in [-0.15, -0.1) is 0 Å². The first-order valence-corrected chi connectivity index (χ1v) is 11.5. The van der Waals surface area contributed by atoms with Gasteiger partial charge in [0.2, 0.25) is 0 Å². The number of rotatable bonds is 9. The fraction of sp³-hybridized carbons (Fsp3) is 0.345. The maximum atomic E-state index is 9.01. The van der Waals surface area contributed by atoms with Gasteiger partial charge in [0.05, 0.1) is 11.6 Å². The van der Waals surface area contributed by atoms with E-state index in [1.165, 1.54) is 90.3 Å². The summed E-state index contributed by atoms with van der Waals surface area (Å²) in [6.07, 6.45) is 11.8. The van der Waals surface area contributed by atoms with Crippen molar-refractivity contribution < 1.29 is 0 Å². The van der Waals surface area contributed by atoms with Crippen molar-refractivity contribution in [2.75, 3.05) is 0 Å². The second-order valence-corrected chi connectivity index (χ2v) is 8.60. The molecular formula is C29H31N. The Bertz CT molecular complexity index is 1040. The van der Waals surface area contributed by atoms with Crippen molar-refractivity contribution in [1.82, 2.24) is 0 Å². The van der Waals surface area contributed by atoms with E-state index in [-0.39, 0.29) is 0 Å². The summed E-state index contributed by atoms with van der Waals surface area (Å²) in [6, 6.07) is 24.0. The molecule has 1 aliphatic rings. The van der Waals surface area contributed by atoms with Crippen LogP contribution in [0.5, 0.6) is 0 Å². The predicted molar refractivity (Wildman–Crippen MR) is 127 cm³/mol. The maximum Gasteiger partial charge on any atom is 0.0991 e. The minimum Gasteiger partial charge on any atom is -0.192 e. The second kappa shape index (κ2) is 9.77. The third-order valence-corrected chi connectivity index (χ3v) is 6.36. The van der Waals surface area contributed by atoms with Crippen molar-refractivity contribution in [3.05, 3.63) is 82.9 Å². The molecule has 0 aliphatic heterocycles. The summed E-state index contributed by atoms with van der Waals surface area (Å²) in [6.45, 7) is 2.28. The molecule has 1 aliphatic carbocycles. The lowest BCUT2D eigenvalue weighted by molar-refractivity contribution is 0.589. The molecule has 0 atom stereocenters. The molecule has 0 saturated heterocycles. The fourth-order valence-corrected chi connectivity index (χ4v) is 4.62. The molecule has 3 aromatic rings. The smallest absolute Gasteiger partial charge is 0.0991 e. The molecule has 0 amide bonds. The summed E-state index contributed by atoms with van der Waals surface area (Å²) >= 11 is 0. The van der Waals surface area contributed by atoms with Crippen LogP contribution >= 0.6 is 0 Å². The quantitative estimate of drug-likeness (QED) is 0.264. The van der Waals surface area contributed by atoms with Crippen LogP contribution in [0.2, 0.25) is 0 Å². The molecule has 1 heteroatoms. The molecule has 30 heavy (non-hydrogen) atoms. The zero-order chi connectivity index (χ0) is 20.8. The minimum atomic E-state index is 0.709. The van der Waals surface area contributed by atoms with E-state index in [4.69, 9.17) is 5.26 Å². The van der Waals surface area contributed by atoms with Crippen molar-refractivity contribution in [2.45, 2.75) is 64.7 Å². The normalized spacial score (nSPS) is 11.7. The molecule has 3 aromatic carbocycles. The highest BCUT2D eigenvalue weighted by Crippen LogP contribution is 2.39. The van der Waals surface area contributed by atoms with Gasteiger partial charge in [0.25, 0.3) is 0 Å². The van der Waals surface area contributed by atoms with Crippen molar-refractivity contribution in [1.29, 1.82) is 5.26 Å². The Balaban J connectivity index is 1.39. The number of nitrogens with zero attached hydrogens (tertiary/aromatic N) is 1. The Labute approximate surface area is 181 Å². The zero-order valence-electron chi connectivity index (χ0n) is 18.1. The van der Waals surface area contributed by atoms with E-state index in [2.05, 4.69) is 49.4 Å². The molecule has 0 heterocycles. The van der Waals surface area contributed by atoms with Crippen LogP contribution in [0.15, 0.2) is 60.7 Å². The summed E-state index contributed by atoms with van der Waals surface area (Å²) in [4.78, 5) is 0. The van der Waals surface area contributed by atoms with Crippen LogP contribution in [0, 0.1) is 11.3 Å². The summed E-state index contributed by atoms with van der Waals surface area (Å²) in [7, 11) is 0. The molecule has 1 nitrogen and oxygen atoms in total. The van der Waals surface area contributed by atoms with Gasteiger partial charge in [-0.3, -0.25) is 0 Å². The molecule has 0 aromatic heterocycles. The van der Waals surface area contributed by atoms with Crippen LogP contribution in [-0.4, -0.2) is 0 Å². The Morgan fingerprint density at radius 3 is 2.07 bits per heavy atom. The van der Waals surface area contributed by atoms with Crippen molar-refractivity contribution >= 4 is 0 Å². The number of unbranched alkanes of at least 4 members (excludes halogenated alkanes) is 6. The van der Waals surface area contributed by atoms with Crippen LogP contribution in [0.4, 0.5) is 0 Å². The van der Waals surface area contributed by atoms with E-state index in [9.17, 15) is 0 Å². The second-order valence-electron chi connectivity index (χ2n) is 8.60. The number of fused-ring (bicyclic) bond motifs is 3. The van der Waals surface area contributed by atoms with E-state index in [0.29, 0.717) is 5.56 Å². The molecule has 4 rings (SSSR count). The third kappa shape index (κ3) is 4.65. The van der Waals surface area contributed by atoms with Gasteiger partial charge >= 0.3 is 0 Å². The first kappa shape index (κ1) is 20.4. The van der Waals surface area contributed by atoms with Gasteiger partial charge in [0, 0.05) is 0 Å². The molecule has 0 bridgehead atoms. The average Bonchev–Trinajstić information content (AvgIpc) is 3.15. The van der Waals surface area contributed by atoms with Crippen molar-refractivity contribution in [2.24, 2.45) is 0 Å². The highest BCUT2D eigenvalue weighted by atomic mass is 14.2. The molecule has 0 N–H and O–H groups in total. The third-order valence-electron chi connectivity index (χ3n) is 6.36. The van der Waals surface area contributed by atoms with Crippen LogP contribution < -0.4 is 0 Å². The van der Waals surface area contributed by atoms with Gasteiger partial charge in [-0.2, -0.15) is 5.26 Å². The first-order valence-electron chi connectivity index (χ1n) is 11.5. The largest absolute Gasteiger partial charge is 0.192 e. The minimum absolute atomic E-state index is 0.709. The van der Waals surface area contributed by atoms with E-state index < -0.39 is 0 Å². The van der Waals surface area contributed by atoms with Gasteiger partial charge in [0.1, 0.15) is 0 Å². The average molecular weight is 394 g/mol. The SMILES string of the molecule is CCCCCCCCCc1ccc2c(c1)Cc1cc(-c3ccc(C#N)cc3)ccc1-2. The summed E-state index contributed by atoms with van der Waals surface area (Å²) in [5, 5.41) is 9.01. The van der Waals surface area contributed by atoms with Gasteiger partial charge in [-0.25, -0.2) is 0 Å². The maximum absolute atomic E-state index is 9.01. The van der Waals surface area contributed by atoms with Gasteiger partial charge in [-0.05, 0) is 70.3 Å². The van der Waals surface area contributed by atoms with Gasteiger partial charge in [0.15, 0.2) is 0 Å². The van der Waals surface area contributed by atoms with E-state index in [0.717, 1.165) is 6.42 Å². The molecule has 0 unspecified atom stereocenters. The Morgan fingerprint density at radius 1 is 0.700 bits per heavy atom. The zero-order valence-corrected chi connectivity index (χ0v) is 18.1.